The molecular formula is C9H14ClN3O. The van der Waals surface area contributed by atoms with E-state index in [0.29, 0.717) is 11.6 Å². The van der Waals surface area contributed by atoms with E-state index in [1.54, 1.807) is 10.9 Å². The van der Waals surface area contributed by atoms with Gasteiger partial charge in [-0.25, -0.2) is 0 Å². The fourth-order valence-corrected chi connectivity index (χ4v) is 1.19. The van der Waals surface area contributed by atoms with Crippen LogP contribution < -0.4 is 5.32 Å². The molecule has 0 aliphatic carbocycles. The maximum Gasteiger partial charge on any atom is 0.241 e. The van der Waals surface area contributed by atoms with Crippen LogP contribution in [0.4, 0.5) is 0 Å². The van der Waals surface area contributed by atoms with Crippen LogP contribution in [-0.2, 0) is 11.3 Å². The van der Waals surface area contributed by atoms with Gasteiger partial charge in [-0.2, -0.15) is 5.10 Å². The second-order valence-electron chi connectivity index (χ2n) is 3.11. The SMILES string of the molecule is CCCNC(=O)Cn1cc(Cl)c(C)n1. The Balaban J connectivity index is 2.48. The maximum atomic E-state index is 11.3. The number of carbonyl (C=O) groups excluding carboxylic acids is 1. The number of halogens is 1. The standard InChI is InChI=1S/C9H14ClN3O/c1-3-4-11-9(14)6-13-5-8(10)7(2)12-13/h5H,3-4,6H2,1-2H3,(H,11,14). The summed E-state index contributed by atoms with van der Waals surface area (Å²) in [5, 5.41) is 7.44. The second-order valence-corrected chi connectivity index (χ2v) is 3.52. The van der Waals surface area contributed by atoms with E-state index in [2.05, 4.69) is 10.4 Å². The molecule has 0 saturated carbocycles. The lowest BCUT2D eigenvalue weighted by Gasteiger charge is -2.02. The zero-order chi connectivity index (χ0) is 10.6. The molecule has 0 fully saturated rings. The van der Waals surface area contributed by atoms with Gasteiger partial charge in [0.25, 0.3) is 0 Å². The van der Waals surface area contributed by atoms with Crippen LogP contribution in [0.15, 0.2) is 6.20 Å². The van der Waals surface area contributed by atoms with Crippen molar-refractivity contribution in [2.24, 2.45) is 0 Å². The van der Waals surface area contributed by atoms with Gasteiger partial charge in [-0.05, 0) is 13.3 Å². The highest BCUT2D eigenvalue weighted by Gasteiger charge is 2.05. The summed E-state index contributed by atoms with van der Waals surface area (Å²) in [4.78, 5) is 11.3. The van der Waals surface area contributed by atoms with Crippen molar-refractivity contribution in [3.05, 3.63) is 16.9 Å². The molecule has 1 aromatic heterocycles. The molecule has 5 heteroatoms. The lowest BCUT2D eigenvalue weighted by Crippen LogP contribution is -2.28. The molecule has 14 heavy (non-hydrogen) atoms. The van der Waals surface area contributed by atoms with Crippen LogP contribution in [0.1, 0.15) is 19.0 Å². The number of hydrogen-bond acceptors (Lipinski definition) is 2. The van der Waals surface area contributed by atoms with Crippen molar-refractivity contribution in [1.82, 2.24) is 15.1 Å². The lowest BCUT2D eigenvalue weighted by molar-refractivity contribution is -0.121. The Labute approximate surface area is 88.2 Å². The van der Waals surface area contributed by atoms with Crippen LogP contribution in [0.25, 0.3) is 0 Å². The Morgan fingerprint density at radius 3 is 2.93 bits per heavy atom. The highest BCUT2D eigenvalue weighted by molar-refractivity contribution is 6.31. The summed E-state index contributed by atoms with van der Waals surface area (Å²) in [7, 11) is 0. The van der Waals surface area contributed by atoms with Gasteiger partial charge in [-0.15, -0.1) is 0 Å². The van der Waals surface area contributed by atoms with E-state index in [4.69, 9.17) is 11.6 Å². The Hall–Kier alpha value is -1.03. The summed E-state index contributed by atoms with van der Waals surface area (Å²) >= 11 is 5.80. The van der Waals surface area contributed by atoms with E-state index in [0.717, 1.165) is 12.1 Å². The molecule has 0 saturated heterocycles. The quantitative estimate of drug-likeness (QED) is 0.825. The third-order valence-corrected chi connectivity index (χ3v) is 2.14. The number of amides is 1. The zero-order valence-corrected chi connectivity index (χ0v) is 9.14. The molecule has 0 atom stereocenters. The first kappa shape index (κ1) is 11.0. The molecule has 0 aliphatic rings. The minimum atomic E-state index is -0.0361. The molecule has 0 radical (unpaired) electrons. The van der Waals surface area contributed by atoms with Crippen LogP contribution in [0.3, 0.4) is 0 Å². The average molecular weight is 216 g/mol. The van der Waals surface area contributed by atoms with E-state index < -0.39 is 0 Å². The minimum absolute atomic E-state index is 0.0361. The highest BCUT2D eigenvalue weighted by atomic mass is 35.5. The number of carbonyl (C=O) groups is 1. The molecule has 1 aromatic rings. The van der Waals surface area contributed by atoms with Crippen LogP contribution in [0.2, 0.25) is 5.02 Å². The molecule has 1 rings (SSSR count). The summed E-state index contributed by atoms with van der Waals surface area (Å²) < 4.78 is 1.54. The second kappa shape index (κ2) is 5.00. The Morgan fingerprint density at radius 1 is 1.71 bits per heavy atom. The number of nitrogens with one attached hydrogen (secondary N) is 1. The molecule has 0 unspecified atom stereocenters. The van der Waals surface area contributed by atoms with E-state index >= 15 is 0 Å². The highest BCUT2D eigenvalue weighted by Crippen LogP contribution is 2.11. The third kappa shape index (κ3) is 3.03. The molecule has 0 aliphatic heterocycles. The lowest BCUT2D eigenvalue weighted by atomic mass is 10.4. The van der Waals surface area contributed by atoms with Crippen molar-refractivity contribution < 1.29 is 4.79 Å². The van der Waals surface area contributed by atoms with Crippen molar-refractivity contribution in [3.8, 4) is 0 Å². The zero-order valence-electron chi connectivity index (χ0n) is 8.38. The minimum Gasteiger partial charge on any atom is -0.355 e. The number of hydrogen-bond donors (Lipinski definition) is 1. The van der Waals surface area contributed by atoms with E-state index in [9.17, 15) is 4.79 Å². The molecule has 4 nitrogen and oxygen atoms in total. The molecular weight excluding hydrogens is 202 g/mol. The van der Waals surface area contributed by atoms with E-state index in [1.165, 1.54) is 0 Å². The van der Waals surface area contributed by atoms with Gasteiger partial charge in [-0.1, -0.05) is 18.5 Å². The largest absolute Gasteiger partial charge is 0.355 e. The normalized spacial score (nSPS) is 10.2. The molecule has 78 valence electrons. The van der Waals surface area contributed by atoms with E-state index in [1.807, 2.05) is 13.8 Å². The van der Waals surface area contributed by atoms with Crippen molar-refractivity contribution in [1.29, 1.82) is 0 Å². The van der Waals surface area contributed by atoms with Crippen LogP contribution in [0.5, 0.6) is 0 Å². The topological polar surface area (TPSA) is 46.9 Å². The average Bonchev–Trinajstić information content (AvgIpc) is 2.42. The van der Waals surface area contributed by atoms with Crippen LogP contribution >= 0.6 is 11.6 Å². The van der Waals surface area contributed by atoms with Crippen LogP contribution in [0, 0.1) is 6.92 Å². The number of aromatic nitrogens is 2. The van der Waals surface area contributed by atoms with Crippen LogP contribution in [-0.4, -0.2) is 22.2 Å². The monoisotopic (exact) mass is 215 g/mol. The van der Waals surface area contributed by atoms with Gasteiger partial charge < -0.3 is 5.32 Å². The van der Waals surface area contributed by atoms with Crippen molar-refractivity contribution >= 4 is 17.5 Å². The van der Waals surface area contributed by atoms with Gasteiger partial charge in [0.05, 0.1) is 10.7 Å². The molecule has 0 aromatic carbocycles. The Kier molecular flexibility index (Phi) is 3.95. The number of nitrogens with zero attached hydrogens (tertiary/aromatic N) is 2. The van der Waals surface area contributed by atoms with E-state index in [-0.39, 0.29) is 12.5 Å². The molecule has 0 bridgehead atoms. The third-order valence-electron chi connectivity index (χ3n) is 1.76. The van der Waals surface area contributed by atoms with Gasteiger partial charge >= 0.3 is 0 Å². The summed E-state index contributed by atoms with van der Waals surface area (Å²) in [5.41, 5.74) is 0.745. The van der Waals surface area contributed by atoms with Crippen molar-refractivity contribution in [2.45, 2.75) is 26.8 Å². The summed E-state index contributed by atoms with van der Waals surface area (Å²) in [6, 6.07) is 0. The van der Waals surface area contributed by atoms with Gasteiger partial charge in [0.1, 0.15) is 6.54 Å². The molecule has 1 N–H and O–H groups in total. The fourth-order valence-electron chi connectivity index (χ4n) is 1.04. The Morgan fingerprint density at radius 2 is 2.43 bits per heavy atom. The molecule has 1 heterocycles. The van der Waals surface area contributed by atoms with Gasteiger partial charge in [0.2, 0.25) is 5.91 Å². The summed E-state index contributed by atoms with van der Waals surface area (Å²) in [6.45, 7) is 4.75. The van der Waals surface area contributed by atoms with Gasteiger partial charge in [-0.3, -0.25) is 9.48 Å². The Bertz CT molecular complexity index is 302. The molecule has 0 spiro atoms. The smallest absolute Gasteiger partial charge is 0.241 e. The fraction of sp³-hybridized carbons (Fsp3) is 0.556. The predicted octanol–water partition coefficient (Wildman–Crippen LogP) is 1.37. The first-order valence-corrected chi connectivity index (χ1v) is 4.97. The first-order chi connectivity index (χ1) is 6.63. The predicted molar refractivity (Wildman–Crippen MR) is 55.3 cm³/mol. The summed E-state index contributed by atoms with van der Waals surface area (Å²) in [5.74, 6) is -0.0361. The first-order valence-electron chi connectivity index (χ1n) is 4.59. The van der Waals surface area contributed by atoms with Crippen molar-refractivity contribution in [2.75, 3.05) is 6.54 Å². The summed E-state index contributed by atoms with van der Waals surface area (Å²) in [6.07, 6.45) is 2.59. The van der Waals surface area contributed by atoms with Gasteiger partial charge in [0.15, 0.2) is 0 Å². The maximum absolute atomic E-state index is 11.3. The number of rotatable bonds is 4. The molecule has 1 amide bonds. The van der Waals surface area contributed by atoms with Gasteiger partial charge in [0, 0.05) is 12.7 Å². The number of aryl methyl sites for hydroxylation is 1. The van der Waals surface area contributed by atoms with Crippen molar-refractivity contribution in [3.63, 3.8) is 0 Å².